The Morgan fingerprint density at radius 3 is 2.75 bits per heavy atom. The molecule has 4 nitrogen and oxygen atoms in total. The molecule has 0 aromatic heterocycles. The summed E-state index contributed by atoms with van der Waals surface area (Å²) in [6, 6.07) is 5.79. The van der Waals surface area contributed by atoms with Crippen molar-refractivity contribution in [2.24, 2.45) is 0 Å². The average molecular weight is 243 g/mol. The molecule has 0 aliphatic rings. The van der Waals surface area contributed by atoms with Crippen LogP contribution < -0.4 is 5.32 Å². The first-order chi connectivity index (χ1) is 7.63. The fourth-order valence-electron chi connectivity index (χ4n) is 0.892. The Bertz CT molecular complexity index is 397. The van der Waals surface area contributed by atoms with E-state index in [1.54, 1.807) is 6.07 Å². The molecule has 0 spiro atoms. The van der Waals surface area contributed by atoms with Gasteiger partial charge in [0.25, 0.3) is 5.24 Å². The van der Waals surface area contributed by atoms with Gasteiger partial charge in [0.1, 0.15) is 11.6 Å². The molecule has 0 bridgehead atoms. The van der Waals surface area contributed by atoms with Gasteiger partial charge in [0.15, 0.2) is 0 Å². The number of carbonyl (C=O) groups excluding carboxylic acids is 2. The normalized spacial score (nSPS) is 9.62. The molecule has 1 aromatic rings. The maximum atomic E-state index is 13.1. The van der Waals surface area contributed by atoms with Gasteiger partial charge in [-0.05, 0) is 12.1 Å². The number of nitrogens with one attached hydrogen (secondary N) is 1. The number of rotatable bonds is 3. The highest BCUT2D eigenvalue weighted by Gasteiger charge is 2.09. The van der Waals surface area contributed by atoms with Gasteiger partial charge in [-0.3, -0.25) is 9.59 Å². The topological polar surface area (TPSA) is 55.4 Å². The number of halogens is 1. The van der Waals surface area contributed by atoms with Crippen molar-refractivity contribution in [1.29, 1.82) is 0 Å². The molecule has 1 aromatic carbocycles. The van der Waals surface area contributed by atoms with Crippen LogP contribution in [0.3, 0.4) is 0 Å². The second-order valence-electron chi connectivity index (χ2n) is 2.76. The number of anilines is 1. The van der Waals surface area contributed by atoms with Crippen LogP contribution in [0.25, 0.3) is 0 Å². The number of hydrogen-bond acceptors (Lipinski definition) is 4. The average Bonchev–Trinajstić information content (AvgIpc) is 2.29. The molecule has 0 radical (unpaired) electrons. The molecular weight excluding hydrogens is 233 g/mol. The van der Waals surface area contributed by atoms with Crippen molar-refractivity contribution in [3.63, 3.8) is 0 Å². The summed E-state index contributed by atoms with van der Waals surface area (Å²) < 4.78 is 17.5. The van der Waals surface area contributed by atoms with E-state index >= 15 is 0 Å². The smallest absolute Gasteiger partial charge is 0.316 e. The van der Waals surface area contributed by atoms with Gasteiger partial charge in [0, 0.05) is 0 Å². The van der Waals surface area contributed by atoms with Crippen LogP contribution in [0.2, 0.25) is 0 Å². The molecule has 0 aliphatic heterocycles. The van der Waals surface area contributed by atoms with E-state index in [1.165, 1.54) is 25.3 Å². The van der Waals surface area contributed by atoms with Crippen molar-refractivity contribution in [3.8, 4) is 0 Å². The lowest BCUT2D eigenvalue weighted by Gasteiger charge is -2.04. The molecule has 6 heteroatoms. The molecule has 0 aliphatic carbocycles. The fourth-order valence-corrected chi connectivity index (χ4v) is 1.44. The molecule has 0 atom stereocenters. The monoisotopic (exact) mass is 243 g/mol. The lowest BCUT2D eigenvalue weighted by molar-refractivity contribution is -0.137. The molecular formula is C10H10FNO3S. The summed E-state index contributed by atoms with van der Waals surface area (Å²) >= 11 is 0.721. The predicted molar refractivity (Wildman–Crippen MR) is 59.9 cm³/mol. The Hall–Kier alpha value is -1.56. The molecule has 0 heterocycles. The summed E-state index contributed by atoms with van der Waals surface area (Å²) in [5.41, 5.74) is 0.0878. The largest absolute Gasteiger partial charge is 0.468 e. The molecule has 86 valence electrons. The second kappa shape index (κ2) is 6.12. The highest BCUT2D eigenvalue weighted by molar-refractivity contribution is 8.14. The van der Waals surface area contributed by atoms with Gasteiger partial charge in [-0.1, -0.05) is 23.9 Å². The van der Waals surface area contributed by atoms with Gasteiger partial charge < -0.3 is 10.1 Å². The van der Waals surface area contributed by atoms with Gasteiger partial charge in [0.2, 0.25) is 0 Å². The van der Waals surface area contributed by atoms with E-state index in [0.717, 1.165) is 11.8 Å². The molecule has 1 amide bonds. The van der Waals surface area contributed by atoms with E-state index in [9.17, 15) is 14.0 Å². The quantitative estimate of drug-likeness (QED) is 0.827. The lowest BCUT2D eigenvalue weighted by atomic mass is 10.3. The molecule has 0 saturated carbocycles. The third kappa shape index (κ3) is 3.90. The summed E-state index contributed by atoms with van der Waals surface area (Å²) in [5.74, 6) is -1.13. The van der Waals surface area contributed by atoms with Gasteiger partial charge in [-0.15, -0.1) is 0 Å². The molecule has 16 heavy (non-hydrogen) atoms. The first-order valence-corrected chi connectivity index (χ1v) is 5.37. The van der Waals surface area contributed by atoms with E-state index < -0.39 is 17.0 Å². The zero-order valence-corrected chi connectivity index (χ0v) is 9.34. The van der Waals surface area contributed by atoms with E-state index in [-0.39, 0.29) is 11.4 Å². The molecule has 1 N–H and O–H groups in total. The zero-order valence-electron chi connectivity index (χ0n) is 8.53. The van der Waals surface area contributed by atoms with Crippen molar-refractivity contribution in [3.05, 3.63) is 30.1 Å². The minimum absolute atomic E-state index is 0.0878. The van der Waals surface area contributed by atoms with Crippen LogP contribution in [0.15, 0.2) is 24.3 Å². The molecule has 0 saturated heterocycles. The van der Waals surface area contributed by atoms with Crippen molar-refractivity contribution in [2.45, 2.75) is 0 Å². The SMILES string of the molecule is COC(=O)CSC(=O)Nc1ccccc1F. The van der Waals surface area contributed by atoms with Gasteiger partial charge in [0.05, 0.1) is 12.8 Å². The highest BCUT2D eigenvalue weighted by atomic mass is 32.2. The van der Waals surface area contributed by atoms with E-state index in [4.69, 9.17) is 0 Å². The Morgan fingerprint density at radius 2 is 2.12 bits per heavy atom. The summed E-state index contributed by atoms with van der Waals surface area (Å²) in [7, 11) is 1.23. The number of amides is 1. The number of thioether (sulfide) groups is 1. The highest BCUT2D eigenvalue weighted by Crippen LogP contribution is 2.15. The molecule has 1 rings (SSSR count). The zero-order chi connectivity index (χ0) is 12.0. The number of benzene rings is 1. The molecule has 0 fully saturated rings. The maximum Gasteiger partial charge on any atom is 0.316 e. The van der Waals surface area contributed by atoms with Crippen LogP contribution in [0.4, 0.5) is 14.9 Å². The number of hydrogen-bond donors (Lipinski definition) is 1. The van der Waals surface area contributed by atoms with Crippen LogP contribution >= 0.6 is 11.8 Å². The summed E-state index contributed by atoms with van der Waals surface area (Å²) in [5, 5.41) is 1.83. The lowest BCUT2D eigenvalue weighted by Crippen LogP contribution is -2.11. The minimum atomic E-state index is -0.519. The first-order valence-electron chi connectivity index (χ1n) is 4.38. The Labute approximate surface area is 96.2 Å². The Balaban J connectivity index is 2.46. The van der Waals surface area contributed by atoms with E-state index in [2.05, 4.69) is 10.1 Å². The maximum absolute atomic E-state index is 13.1. The summed E-state index contributed by atoms with van der Waals surface area (Å²) in [6.07, 6.45) is 0. The van der Waals surface area contributed by atoms with Crippen LogP contribution in [0.1, 0.15) is 0 Å². The standard InChI is InChI=1S/C10H10FNO3S/c1-15-9(13)6-16-10(14)12-8-5-3-2-4-7(8)11/h2-5H,6H2,1H3,(H,12,14). The molecule has 0 unspecified atom stereocenters. The number of carbonyl (C=O) groups is 2. The number of methoxy groups -OCH3 is 1. The van der Waals surface area contributed by atoms with E-state index in [0.29, 0.717) is 0 Å². The Morgan fingerprint density at radius 1 is 1.44 bits per heavy atom. The third-order valence-corrected chi connectivity index (χ3v) is 2.40. The van der Waals surface area contributed by atoms with Crippen molar-refractivity contribution in [1.82, 2.24) is 0 Å². The number of ether oxygens (including phenoxy) is 1. The summed E-state index contributed by atoms with van der Waals surface area (Å²) in [6.45, 7) is 0. The van der Waals surface area contributed by atoms with Gasteiger partial charge >= 0.3 is 5.97 Å². The number of esters is 1. The van der Waals surface area contributed by atoms with Crippen LogP contribution in [0.5, 0.6) is 0 Å². The van der Waals surface area contributed by atoms with Crippen molar-refractivity contribution < 1.29 is 18.7 Å². The first kappa shape index (κ1) is 12.5. The van der Waals surface area contributed by atoms with Crippen LogP contribution in [0, 0.1) is 5.82 Å². The second-order valence-corrected chi connectivity index (χ2v) is 3.71. The fraction of sp³-hybridized carbons (Fsp3) is 0.200. The van der Waals surface area contributed by atoms with Crippen LogP contribution in [-0.4, -0.2) is 24.1 Å². The van der Waals surface area contributed by atoms with Crippen molar-refractivity contribution >= 4 is 28.7 Å². The predicted octanol–water partition coefficient (Wildman–Crippen LogP) is 2.26. The summed E-state index contributed by atoms with van der Waals surface area (Å²) in [4.78, 5) is 22.0. The van der Waals surface area contributed by atoms with Crippen molar-refractivity contribution in [2.75, 3.05) is 18.2 Å². The van der Waals surface area contributed by atoms with E-state index in [1.807, 2.05) is 0 Å². The minimum Gasteiger partial charge on any atom is -0.468 e. The van der Waals surface area contributed by atoms with Gasteiger partial charge in [-0.2, -0.15) is 0 Å². The van der Waals surface area contributed by atoms with Gasteiger partial charge in [-0.25, -0.2) is 4.39 Å². The third-order valence-electron chi connectivity index (χ3n) is 1.66. The Kier molecular flexibility index (Phi) is 4.78. The number of para-hydroxylation sites is 1. The van der Waals surface area contributed by atoms with Crippen LogP contribution in [-0.2, 0) is 9.53 Å².